The molecule has 2 aromatic rings. The van der Waals surface area contributed by atoms with E-state index in [2.05, 4.69) is 4.98 Å². The normalized spacial score (nSPS) is 10.0. The number of carbonyl (C=O) groups excluding carboxylic acids is 1. The maximum atomic E-state index is 13.2. The van der Waals surface area contributed by atoms with Gasteiger partial charge in [0, 0.05) is 24.4 Å². The Morgan fingerprint density at radius 3 is 2.41 bits per heavy atom. The molecule has 1 aromatic carbocycles. The number of aromatic nitrogens is 1. The first-order valence-electron chi connectivity index (χ1n) is 4.74. The molecule has 0 aliphatic heterocycles. The first-order chi connectivity index (χ1) is 8.20. The number of halogens is 2. The molecular formula is C12H7F2NO2. The number of carbonyl (C=O) groups is 1. The van der Waals surface area contributed by atoms with Crippen molar-refractivity contribution >= 4 is 6.29 Å². The molecule has 3 nitrogen and oxygen atoms in total. The van der Waals surface area contributed by atoms with Gasteiger partial charge in [0.15, 0.2) is 6.29 Å². The number of hydrogen-bond acceptors (Lipinski definition) is 3. The molecule has 0 unspecified atom stereocenters. The van der Waals surface area contributed by atoms with Crippen LogP contribution in [0.1, 0.15) is 10.4 Å². The molecule has 0 radical (unpaired) electrons. The van der Waals surface area contributed by atoms with Crippen molar-refractivity contribution in [1.82, 2.24) is 4.98 Å². The first-order valence-corrected chi connectivity index (χ1v) is 4.74. The number of hydrogen-bond donors (Lipinski definition) is 0. The summed E-state index contributed by atoms with van der Waals surface area (Å²) in [6.07, 6.45) is 1.61. The lowest BCUT2D eigenvalue weighted by atomic mass is 10.2. The molecule has 0 fully saturated rings. The van der Waals surface area contributed by atoms with E-state index in [1.807, 2.05) is 0 Å². The van der Waals surface area contributed by atoms with Gasteiger partial charge in [-0.25, -0.2) is 13.8 Å². The standard InChI is InChI=1S/C12H7F2NO2/c13-10-5-8(6-11(14)9(10)7-16)17-12-3-1-2-4-15-12/h1-7H. The predicted molar refractivity (Wildman–Crippen MR) is 56.1 cm³/mol. The number of nitrogens with zero attached hydrogens (tertiary/aromatic N) is 1. The second kappa shape index (κ2) is 4.69. The summed E-state index contributed by atoms with van der Waals surface area (Å²) < 4.78 is 31.6. The van der Waals surface area contributed by atoms with Crippen molar-refractivity contribution in [3.63, 3.8) is 0 Å². The molecule has 0 spiro atoms. The van der Waals surface area contributed by atoms with Crippen LogP contribution in [0.15, 0.2) is 36.5 Å². The highest BCUT2D eigenvalue weighted by molar-refractivity contribution is 5.76. The molecule has 0 N–H and O–H groups in total. The highest BCUT2D eigenvalue weighted by Gasteiger charge is 2.11. The van der Waals surface area contributed by atoms with Gasteiger partial charge in [0.1, 0.15) is 17.4 Å². The van der Waals surface area contributed by atoms with Gasteiger partial charge in [-0.2, -0.15) is 0 Å². The second-order valence-electron chi connectivity index (χ2n) is 3.19. The summed E-state index contributed by atoms with van der Waals surface area (Å²) in [6, 6.07) is 6.77. The molecule has 0 aliphatic carbocycles. The summed E-state index contributed by atoms with van der Waals surface area (Å²) in [4.78, 5) is 14.2. The maximum Gasteiger partial charge on any atom is 0.219 e. The van der Waals surface area contributed by atoms with Gasteiger partial charge in [0.25, 0.3) is 0 Å². The van der Waals surface area contributed by atoms with Crippen LogP contribution in [0.5, 0.6) is 11.6 Å². The minimum atomic E-state index is -0.967. The number of ether oxygens (including phenoxy) is 1. The fraction of sp³-hybridized carbons (Fsp3) is 0. The molecule has 2 rings (SSSR count). The Bertz CT molecular complexity index is 520. The Kier molecular flexibility index (Phi) is 3.09. The zero-order valence-electron chi connectivity index (χ0n) is 8.56. The molecule has 1 aromatic heterocycles. The Hall–Kier alpha value is -2.30. The molecule has 1 heterocycles. The van der Waals surface area contributed by atoms with E-state index in [0.717, 1.165) is 12.1 Å². The molecule has 17 heavy (non-hydrogen) atoms. The largest absolute Gasteiger partial charge is 0.439 e. The van der Waals surface area contributed by atoms with Crippen molar-refractivity contribution in [1.29, 1.82) is 0 Å². The lowest BCUT2D eigenvalue weighted by Gasteiger charge is -2.05. The number of aldehydes is 1. The zero-order valence-corrected chi connectivity index (χ0v) is 8.56. The van der Waals surface area contributed by atoms with Crippen molar-refractivity contribution in [2.24, 2.45) is 0 Å². The summed E-state index contributed by atoms with van der Waals surface area (Å²) in [5.41, 5.74) is -0.613. The summed E-state index contributed by atoms with van der Waals surface area (Å²) in [7, 11) is 0. The molecule has 86 valence electrons. The van der Waals surface area contributed by atoms with Crippen molar-refractivity contribution in [3.05, 3.63) is 53.7 Å². The minimum absolute atomic E-state index is 0.0516. The minimum Gasteiger partial charge on any atom is -0.439 e. The topological polar surface area (TPSA) is 39.2 Å². The number of pyridine rings is 1. The van der Waals surface area contributed by atoms with Gasteiger partial charge >= 0.3 is 0 Å². The lowest BCUT2D eigenvalue weighted by molar-refractivity contribution is 0.111. The molecule has 0 bridgehead atoms. The Balaban J connectivity index is 2.32. The molecule has 0 atom stereocenters. The van der Waals surface area contributed by atoms with Gasteiger partial charge < -0.3 is 4.74 Å². The highest BCUT2D eigenvalue weighted by atomic mass is 19.1. The fourth-order valence-electron chi connectivity index (χ4n) is 1.26. The van der Waals surface area contributed by atoms with Crippen molar-refractivity contribution < 1.29 is 18.3 Å². The van der Waals surface area contributed by atoms with Crippen LogP contribution in [0, 0.1) is 11.6 Å². The van der Waals surface area contributed by atoms with Crippen molar-refractivity contribution in [2.75, 3.05) is 0 Å². The monoisotopic (exact) mass is 235 g/mol. The van der Waals surface area contributed by atoms with Crippen LogP contribution in [0.2, 0.25) is 0 Å². The van der Waals surface area contributed by atoms with Gasteiger partial charge in [0.05, 0.1) is 5.56 Å². The Morgan fingerprint density at radius 2 is 1.88 bits per heavy atom. The van der Waals surface area contributed by atoms with E-state index in [1.54, 1.807) is 18.2 Å². The van der Waals surface area contributed by atoms with Gasteiger partial charge in [0.2, 0.25) is 5.88 Å². The van der Waals surface area contributed by atoms with Crippen LogP contribution in [-0.4, -0.2) is 11.3 Å². The molecule has 0 saturated heterocycles. The SMILES string of the molecule is O=Cc1c(F)cc(Oc2ccccn2)cc1F. The summed E-state index contributed by atoms with van der Waals surface area (Å²) in [5.74, 6) is -1.77. The second-order valence-corrected chi connectivity index (χ2v) is 3.19. The van der Waals surface area contributed by atoms with E-state index in [9.17, 15) is 13.6 Å². The quantitative estimate of drug-likeness (QED) is 0.768. The fourth-order valence-corrected chi connectivity index (χ4v) is 1.26. The number of rotatable bonds is 3. The van der Waals surface area contributed by atoms with Crippen LogP contribution >= 0.6 is 0 Å². The van der Waals surface area contributed by atoms with Crippen LogP contribution in [0.4, 0.5) is 8.78 Å². The molecule has 0 saturated carbocycles. The van der Waals surface area contributed by atoms with Crippen LogP contribution in [-0.2, 0) is 0 Å². The summed E-state index contributed by atoms with van der Waals surface area (Å²) >= 11 is 0. The zero-order chi connectivity index (χ0) is 12.3. The lowest BCUT2D eigenvalue weighted by Crippen LogP contribution is -1.96. The third-order valence-electron chi connectivity index (χ3n) is 2.03. The summed E-state index contributed by atoms with van der Waals surface area (Å²) in [6.45, 7) is 0. The molecular weight excluding hydrogens is 228 g/mol. The molecule has 5 heteroatoms. The van der Waals surface area contributed by atoms with E-state index in [1.165, 1.54) is 6.20 Å². The van der Waals surface area contributed by atoms with E-state index in [0.29, 0.717) is 0 Å². The van der Waals surface area contributed by atoms with E-state index in [4.69, 9.17) is 4.74 Å². The van der Waals surface area contributed by atoms with Crippen LogP contribution < -0.4 is 4.74 Å². The van der Waals surface area contributed by atoms with E-state index >= 15 is 0 Å². The smallest absolute Gasteiger partial charge is 0.219 e. The van der Waals surface area contributed by atoms with Crippen molar-refractivity contribution in [3.8, 4) is 11.6 Å². The Morgan fingerprint density at radius 1 is 1.18 bits per heavy atom. The van der Waals surface area contributed by atoms with Crippen molar-refractivity contribution in [2.45, 2.75) is 0 Å². The van der Waals surface area contributed by atoms with Crippen LogP contribution in [0.25, 0.3) is 0 Å². The average molecular weight is 235 g/mol. The van der Waals surface area contributed by atoms with Gasteiger partial charge in [-0.1, -0.05) is 6.07 Å². The molecule has 0 aliphatic rings. The third-order valence-corrected chi connectivity index (χ3v) is 2.03. The average Bonchev–Trinajstić information content (AvgIpc) is 2.30. The maximum absolute atomic E-state index is 13.2. The number of benzene rings is 1. The predicted octanol–water partition coefficient (Wildman–Crippen LogP) is 2.96. The molecule has 0 amide bonds. The first kappa shape index (κ1) is 11.2. The van der Waals surface area contributed by atoms with E-state index < -0.39 is 17.2 Å². The van der Waals surface area contributed by atoms with Crippen LogP contribution in [0.3, 0.4) is 0 Å². The van der Waals surface area contributed by atoms with Gasteiger partial charge in [-0.3, -0.25) is 4.79 Å². The third kappa shape index (κ3) is 2.44. The van der Waals surface area contributed by atoms with E-state index in [-0.39, 0.29) is 17.9 Å². The van der Waals surface area contributed by atoms with Gasteiger partial charge in [-0.05, 0) is 6.07 Å². The summed E-state index contributed by atoms with van der Waals surface area (Å²) in [5, 5.41) is 0. The highest BCUT2D eigenvalue weighted by Crippen LogP contribution is 2.23. The Labute approximate surface area is 95.7 Å². The van der Waals surface area contributed by atoms with Gasteiger partial charge in [-0.15, -0.1) is 0 Å².